The van der Waals surface area contributed by atoms with Crippen molar-refractivity contribution in [2.75, 3.05) is 6.61 Å². The molecule has 0 saturated carbocycles. The van der Waals surface area contributed by atoms with E-state index in [0.29, 0.717) is 55.9 Å². The number of unbranched alkanes of at least 4 members (excludes halogenated alkanes) is 1. The Morgan fingerprint density at radius 3 is 2.22 bits per heavy atom. The molecule has 0 heterocycles. The van der Waals surface area contributed by atoms with E-state index in [1.54, 1.807) is 13.0 Å². The number of aliphatic carboxylic acids is 1. The molecule has 2 N–H and O–H groups in total. The van der Waals surface area contributed by atoms with Gasteiger partial charge in [-0.3, -0.25) is 4.79 Å². The number of hydrogen-bond acceptors (Lipinski definition) is 5. The molecule has 0 aliphatic heterocycles. The van der Waals surface area contributed by atoms with Crippen LogP contribution < -0.4 is 0 Å². The van der Waals surface area contributed by atoms with Gasteiger partial charge in [-0.05, 0) is 13.3 Å². The van der Waals surface area contributed by atoms with E-state index in [4.69, 9.17) is 14.4 Å². The molecule has 9 heteroatoms. The molecule has 0 fully saturated rings. The van der Waals surface area contributed by atoms with Gasteiger partial charge < -0.3 is 9.84 Å². The van der Waals surface area contributed by atoms with Crippen molar-refractivity contribution in [1.82, 2.24) is 0 Å². The average molecular weight is 377 g/mol. The zero-order valence-electron chi connectivity index (χ0n) is 14.2. The monoisotopic (exact) mass is 376 g/mol. The maximum absolute atomic E-state index is 10.9. The fourth-order valence-corrected chi connectivity index (χ4v) is 3.70. The van der Waals surface area contributed by atoms with Crippen molar-refractivity contribution >= 4 is 71.0 Å². The van der Waals surface area contributed by atoms with Gasteiger partial charge in [0.25, 0.3) is 0 Å². The van der Waals surface area contributed by atoms with Crippen LogP contribution >= 0.6 is 0 Å². The van der Waals surface area contributed by atoms with Crippen molar-refractivity contribution in [3.8, 4) is 0 Å². The summed E-state index contributed by atoms with van der Waals surface area (Å²) in [4.78, 5) is 21.7. The summed E-state index contributed by atoms with van der Waals surface area (Å²) in [5.41, 5.74) is 0. The van der Waals surface area contributed by atoms with Crippen molar-refractivity contribution in [1.29, 1.82) is 0 Å². The first kappa shape index (κ1) is 25.5. The molecule has 7 nitrogen and oxygen atoms in total. The fraction of sp³-hybridized carbons (Fsp3) is 0.714. The van der Waals surface area contributed by atoms with Gasteiger partial charge in [0.15, 0.2) is 0 Å². The normalized spacial score (nSPS) is 13.8. The summed E-state index contributed by atoms with van der Waals surface area (Å²) >= 11 is 0.502. The number of rotatable bonds is 9. The van der Waals surface area contributed by atoms with Crippen LogP contribution in [0.15, 0.2) is 12.2 Å². The van der Waals surface area contributed by atoms with Gasteiger partial charge in [-0.2, -0.15) is 0 Å². The largest absolute Gasteiger partial charge is 0.481 e. The second-order valence-corrected chi connectivity index (χ2v) is 8.15. The molecule has 0 aromatic carbocycles. The van der Waals surface area contributed by atoms with Gasteiger partial charge >= 0.3 is 96.7 Å². The summed E-state index contributed by atoms with van der Waals surface area (Å²) in [6.45, 7) is 5.16. The molecule has 0 bridgehead atoms. The van der Waals surface area contributed by atoms with Crippen molar-refractivity contribution in [3.05, 3.63) is 12.2 Å². The Morgan fingerprint density at radius 2 is 1.91 bits per heavy atom. The Kier molecular flexibility index (Phi) is 16.1. The van der Waals surface area contributed by atoms with Crippen LogP contribution in [0.25, 0.3) is 0 Å². The molecular weight excluding hydrogens is 351 g/mol. The van der Waals surface area contributed by atoms with Crippen molar-refractivity contribution in [3.63, 3.8) is 0 Å². The van der Waals surface area contributed by atoms with Gasteiger partial charge in [-0.15, -0.1) is 0 Å². The predicted molar refractivity (Wildman–Crippen MR) is 88.0 cm³/mol. The van der Waals surface area contributed by atoms with Gasteiger partial charge in [0.05, 0.1) is 5.92 Å². The van der Waals surface area contributed by atoms with Crippen molar-refractivity contribution in [2.24, 2.45) is 5.92 Å². The third-order valence-corrected chi connectivity index (χ3v) is 7.26. The van der Waals surface area contributed by atoms with E-state index >= 15 is 0 Å². The average Bonchev–Trinajstić information content (AvgIpc) is 2.46. The van der Waals surface area contributed by atoms with E-state index in [1.165, 1.54) is 13.0 Å². The molecule has 0 saturated heterocycles. The molecule has 0 rings (SSSR count). The minimum absolute atomic E-state index is 0.0431. The summed E-state index contributed by atoms with van der Waals surface area (Å²) in [6, 6.07) is 0. The van der Waals surface area contributed by atoms with E-state index in [9.17, 15) is 18.0 Å². The van der Waals surface area contributed by atoms with Crippen molar-refractivity contribution in [2.45, 2.75) is 45.8 Å². The van der Waals surface area contributed by atoms with E-state index < -0.39 is 33.2 Å². The van der Waals surface area contributed by atoms with Gasteiger partial charge in [0.1, 0.15) is 6.61 Å². The molecular formula is C14H25KO7S. The first-order valence-corrected chi connectivity index (χ1v) is 11.3. The number of carbonyl (C=O) groups excluding carboxylic acids is 1. The first-order valence-electron chi connectivity index (χ1n) is 7.58. The molecule has 0 aliphatic carbocycles. The molecule has 0 amide bonds. The number of carboxylic acid groups (broad SMARTS) is 1. The second kappa shape index (κ2) is 14.6. The van der Waals surface area contributed by atoms with E-state index in [2.05, 4.69) is 0 Å². The van der Waals surface area contributed by atoms with E-state index in [0.717, 1.165) is 12.8 Å². The summed E-state index contributed by atoms with van der Waals surface area (Å²) in [5, 5.41) is 8.29. The molecule has 0 aliphatic rings. The Labute approximate surface area is 172 Å². The van der Waals surface area contributed by atoms with Crippen LogP contribution in [0.3, 0.4) is 0 Å². The Balaban J connectivity index is 0. The fourth-order valence-electron chi connectivity index (χ4n) is 1.31. The molecule has 0 radical (unpaired) electrons. The van der Waals surface area contributed by atoms with Gasteiger partial charge in [0.2, 0.25) is 0 Å². The Bertz CT molecular complexity index is 474. The standard InChI is InChI=1S/C11H18O4.C3H7O3S.K/c1-3-5-7-9(11(13)14)8-15-10(12)6-4-2;1-3(2)7(4,5)6;/h4,6,9H,3,5,7-8H2,1-2H3,(H,13,14);3H,1H2,2H3,(H,4,5,6);. The van der Waals surface area contributed by atoms with Crippen LogP contribution in [0.1, 0.15) is 40.0 Å². The first-order chi connectivity index (χ1) is 10.6. The van der Waals surface area contributed by atoms with Crippen LogP contribution in [0.2, 0.25) is 0.515 Å². The van der Waals surface area contributed by atoms with Gasteiger partial charge in [-0.25, -0.2) is 4.79 Å². The van der Waals surface area contributed by atoms with Crippen LogP contribution in [0.5, 0.6) is 0 Å². The number of esters is 1. The summed E-state index contributed by atoms with van der Waals surface area (Å²) in [5.74, 6) is -1.98. The smallest absolute Gasteiger partial charge is 0.330 e. The molecule has 2 unspecified atom stereocenters. The number of allylic oxidation sites excluding steroid dienone is 1. The molecule has 2 atom stereocenters. The summed E-state index contributed by atoms with van der Waals surface area (Å²) < 4.78 is 34.0. The van der Waals surface area contributed by atoms with E-state index in [-0.39, 0.29) is 6.61 Å². The Hall–Kier alpha value is 0.226. The van der Waals surface area contributed by atoms with Gasteiger partial charge in [0, 0.05) is 6.08 Å². The predicted octanol–water partition coefficient (Wildman–Crippen LogP) is 1.85. The molecule has 0 spiro atoms. The molecule has 23 heavy (non-hydrogen) atoms. The third kappa shape index (κ3) is 15.5. The third-order valence-electron chi connectivity index (χ3n) is 3.07. The molecule has 0 aromatic rings. The number of hydrogen-bond donors (Lipinski definition) is 2. The maximum Gasteiger partial charge on any atom is 0.330 e. The van der Waals surface area contributed by atoms with Crippen LogP contribution in [0.4, 0.5) is 0 Å². The summed E-state index contributed by atoms with van der Waals surface area (Å²) in [7, 11) is -3.71. The summed E-state index contributed by atoms with van der Waals surface area (Å²) in [6.07, 6.45) is 5.16. The quantitative estimate of drug-likeness (QED) is 0.273. The number of carbonyl (C=O) groups is 2. The number of carboxylic acids is 1. The molecule has 0 aromatic heterocycles. The van der Waals surface area contributed by atoms with Crippen LogP contribution in [-0.2, 0) is 24.4 Å². The van der Waals surface area contributed by atoms with Crippen molar-refractivity contribution < 1.29 is 32.4 Å². The zero-order valence-corrected chi connectivity index (χ0v) is 18.1. The van der Waals surface area contributed by atoms with E-state index in [1.807, 2.05) is 6.92 Å². The maximum atomic E-state index is 10.9. The number of ether oxygens (including phenoxy) is 1. The topological polar surface area (TPSA) is 118 Å². The molecule has 130 valence electrons. The zero-order chi connectivity index (χ0) is 18.5. The Morgan fingerprint density at radius 1 is 1.35 bits per heavy atom. The van der Waals surface area contributed by atoms with Crippen LogP contribution in [0, 0.1) is 5.92 Å². The van der Waals surface area contributed by atoms with Crippen LogP contribution in [-0.4, -0.2) is 90.8 Å². The SMILES string of the molecule is CC([CH2][K])S(=O)(=O)O.CC=CC(=O)OCC(CCCC)C(=O)O. The minimum Gasteiger partial charge on any atom is -0.481 e. The minimum atomic E-state index is -3.71. The van der Waals surface area contributed by atoms with Gasteiger partial charge in [-0.1, -0.05) is 25.8 Å². The second-order valence-electron chi connectivity index (χ2n) is 5.04.